The van der Waals surface area contributed by atoms with Crippen molar-refractivity contribution in [2.24, 2.45) is 4.99 Å². The maximum absolute atomic E-state index is 13.2. The summed E-state index contributed by atoms with van der Waals surface area (Å²) in [6.07, 6.45) is -2.83. The fourth-order valence-electron chi connectivity index (χ4n) is 3.03. The number of nitrogens with zero attached hydrogens (tertiary/aromatic N) is 2. The summed E-state index contributed by atoms with van der Waals surface area (Å²) >= 11 is 0.909. The number of thioether (sulfide) groups is 1. The third-order valence-corrected chi connectivity index (χ3v) is 5.79. The van der Waals surface area contributed by atoms with E-state index in [1.807, 2.05) is 48.6 Å². The van der Waals surface area contributed by atoms with Gasteiger partial charge in [-0.1, -0.05) is 67.6 Å². The molecule has 0 atom stereocenters. The lowest BCUT2D eigenvalue weighted by molar-refractivity contribution is -0.136. The Morgan fingerprint density at radius 3 is 2.33 bits per heavy atom. The summed E-state index contributed by atoms with van der Waals surface area (Å²) in [6, 6.07) is 15.0. The molecule has 2 amide bonds. The maximum Gasteiger partial charge on any atom is 0.405 e. The predicted octanol–water partition coefficient (Wildman–Crippen LogP) is 5.27. The fourth-order valence-corrected chi connectivity index (χ4v) is 3.87. The minimum atomic E-state index is -4.49. The zero-order chi connectivity index (χ0) is 24.2. The van der Waals surface area contributed by atoms with E-state index in [2.05, 4.69) is 18.8 Å². The molecule has 1 aliphatic heterocycles. The van der Waals surface area contributed by atoms with Gasteiger partial charge >= 0.3 is 6.18 Å². The maximum atomic E-state index is 13.2. The van der Waals surface area contributed by atoms with Crippen LogP contribution in [0.15, 0.2) is 59.2 Å². The van der Waals surface area contributed by atoms with Crippen LogP contribution >= 0.6 is 11.8 Å². The molecule has 0 saturated heterocycles. The molecule has 0 fully saturated rings. The number of amidine groups is 1. The predicted molar refractivity (Wildman–Crippen MR) is 126 cm³/mol. The molecule has 1 N–H and O–H groups in total. The number of aryl methyl sites for hydroxylation is 1. The first-order valence-electron chi connectivity index (χ1n) is 10.3. The van der Waals surface area contributed by atoms with Crippen molar-refractivity contribution in [2.45, 2.75) is 32.9 Å². The third-order valence-electron chi connectivity index (χ3n) is 4.85. The minimum Gasteiger partial charge on any atom is -0.346 e. The smallest absolute Gasteiger partial charge is 0.346 e. The Bertz CT molecular complexity index is 1080. The molecule has 174 valence electrons. The molecule has 3 rings (SSSR count). The first kappa shape index (κ1) is 24.6. The Balaban J connectivity index is 1.84. The molecule has 0 radical (unpaired) electrons. The van der Waals surface area contributed by atoms with Gasteiger partial charge in [-0.15, -0.1) is 0 Å². The molecule has 0 aliphatic carbocycles. The lowest BCUT2D eigenvalue weighted by Crippen LogP contribution is -2.36. The molecule has 0 spiro atoms. The number of hydrogen-bond donors (Lipinski definition) is 1. The highest BCUT2D eigenvalue weighted by atomic mass is 32.2. The second-order valence-electron chi connectivity index (χ2n) is 7.90. The summed E-state index contributed by atoms with van der Waals surface area (Å²) in [4.78, 5) is 30.8. The van der Waals surface area contributed by atoms with Crippen LogP contribution < -0.4 is 10.2 Å². The van der Waals surface area contributed by atoms with E-state index in [0.29, 0.717) is 11.6 Å². The Hall–Kier alpha value is -3.07. The van der Waals surface area contributed by atoms with Gasteiger partial charge < -0.3 is 5.32 Å². The molecular weight excluding hydrogens is 451 g/mol. The molecule has 0 unspecified atom stereocenters. The average Bonchev–Trinajstić information content (AvgIpc) is 3.06. The number of nitrogens with one attached hydrogen (secondary N) is 1. The third kappa shape index (κ3) is 6.71. The van der Waals surface area contributed by atoms with Crippen LogP contribution in [0.5, 0.6) is 0 Å². The van der Waals surface area contributed by atoms with E-state index in [1.165, 1.54) is 10.5 Å². The summed E-state index contributed by atoms with van der Waals surface area (Å²) < 4.78 is 37.0. The van der Waals surface area contributed by atoms with Crippen LogP contribution in [0.1, 0.15) is 36.5 Å². The highest BCUT2D eigenvalue weighted by Crippen LogP contribution is 2.30. The first-order chi connectivity index (χ1) is 15.5. The van der Waals surface area contributed by atoms with Gasteiger partial charge in [0, 0.05) is 0 Å². The van der Waals surface area contributed by atoms with E-state index in [9.17, 15) is 22.8 Å². The van der Waals surface area contributed by atoms with Gasteiger partial charge in [0.15, 0.2) is 5.17 Å². The van der Waals surface area contributed by atoms with Crippen molar-refractivity contribution in [3.05, 3.63) is 70.9 Å². The van der Waals surface area contributed by atoms with Gasteiger partial charge in [0.1, 0.15) is 12.2 Å². The van der Waals surface area contributed by atoms with Crippen molar-refractivity contribution in [1.82, 2.24) is 5.32 Å². The van der Waals surface area contributed by atoms with Gasteiger partial charge in [-0.3, -0.25) is 14.5 Å². The monoisotopic (exact) mass is 475 g/mol. The molecule has 1 heterocycles. The van der Waals surface area contributed by atoms with Gasteiger partial charge in [-0.05, 0) is 42.2 Å². The van der Waals surface area contributed by atoms with Crippen molar-refractivity contribution in [3.8, 4) is 0 Å². The number of amides is 2. The largest absolute Gasteiger partial charge is 0.405 e. The first-order valence-corrected chi connectivity index (χ1v) is 11.3. The topological polar surface area (TPSA) is 61.8 Å². The van der Waals surface area contributed by atoms with Crippen molar-refractivity contribution in [1.29, 1.82) is 0 Å². The van der Waals surface area contributed by atoms with Gasteiger partial charge in [0.2, 0.25) is 5.91 Å². The van der Waals surface area contributed by atoms with E-state index < -0.39 is 18.6 Å². The average molecular weight is 476 g/mol. The lowest BCUT2D eigenvalue weighted by atomic mass is 10.0. The SMILES string of the molecule is Cc1ccc(N2C(=O)/C(=C/c3ccc(C(C)C)cc3)N=C2SCC(=O)NCC(F)(F)F)cc1. The number of anilines is 1. The van der Waals surface area contributed by atoms with E-state index in [0.717, 1.165) is 22.9 Å². The Kier molecular flexibility index (Phi) is 7.63. The molecule has 33 heavy (non-hydrogen) atoms. The lowest BCUT2D eigenvalue weighted by Gasteiger charge is -2.18. The number of carbonyl (C=O) groups excluding carboxylic acids is 2. The molecule has 9 heteroatoms. The number of rotatable bonds is 6. The summed E-state index contributed by atoms with van der Waals surface area (Å²) in [5.41, 5.74) is 3.71. The van der Waals surface area contributed by atoms with Crippen molar-refractivity contribution >= 4 is 40.5 Å². The van der Waals surface area contributed by atoms with Crippen molar-refractivity contribution in [2.75, 3.05) is 17.2 Å². The van der Waals surface area contributed by atoms with Crippen LogP contribution in [0.25, 0.3) is 6.08 Å². The second kappa shape index (κ2) is 10.2. The van der Waals surface area contributed by atoms with Gasteiger partial charge in [0.25, 0.3) is 5.91 Å². The van der Waals surface area contributed by atoms with Gasteiger partial charge in [-0.2, -0.15) is 13.2 Å². The highest BCUT2D eigenvalue weighted by Gasteiger charge is 2.33. The van der Waals surface area contributed by atoms with E-state index in [1.54, 1.807) is 18.2 Å². The molecular formula is C24H24F3N3O2S. The van der Waals surface area contributed by atoms with Gasteiger partial charge in [0.05, 0.1) is 11.4 Å². The summed E-state index contributed by atoms with van der Waals surface area (Å²) in [5.74, 6) is -1.09. The number of halogens is 3. The van der Waals surface area contributed by atoms with Crippen LogP contribution in [-0.2, 0) is 9.59 Å². The molecule has 1 aliphatic rings. The van der Waals surface area contributed by atoms with Crippen LogP contribution in [0.2, 0.25) is 0 Å². The molecule has 0 bridgehead atoms. The Morgan fingerprint density at radius 2 is 1.76 bits per heavy atom. The summed E-state index contributed by atoms with van der Waals surface area (Å²) in [6.45, 7) is 4.69. The molecule has 0 saturated carbocycles. The Morgan fingerprint density at radius 1 is 1.12 bits per heavy atom. The minimum absolute atomic E-state index is 0.186. The van der Waals surface area contributed by atoms with Crippen LogP contribution in [0.3, 0.4) is 0 Å². The van der Waals surface area contributed by atoms with Crippen molar-refractivity contribution in [3.63, 3.8) is 0 Å². The van der Waals surface area contributed by atoms with Gasteiger partial charge in [-0.25, -0.2) is 4.99 Å². The van der Waals surface area contributed by atoms with Crippen LogP contribution in [0.4, 0.5) is 18.9 Å². The normalized spacial score (nSPS) is 15.4. The highest BCUT2D eigenvalue weighted by molar-refractivity contribution is 8.14. The van der Waals surface area contributed by atoms with E-state index >= 15 is 0 Å². The fraction of sp³-hybridized carbons (Fsp3) is 0.292. The summed E-state index contributed by atoms with van der Waals surface area (Å²) in [5, 5.41) is 2.06. The molecule has 2 aromatic rings. The molecule has 5 nitrogen and oxygen atoms in total. The number of benzene rings is 2. The van der Waals surface area contributed by atoms with Crippen LogP contribution in [0, 0.1) is 6.92 Å². The van der Waals surface area contributed by atoms with Crippen LogP contribution in [-0.4, -0.2) is 35.5 Å². The molecule has 2 aromatic carbocycles. The number of aliphatic imine (C=N–C) groups is 1. The second-order valence-corrected chi connectivity index (χ2v) is 8.84. The van der Waals surface area contributed by atoms with Crippen molar-refractivity contribution < 1.29 is 22.8 Å². The zero-order valence-electron chi connectivity index (χ0n) is 18.4. The standard InChI is InChI=1S/C24H24F3N3O2S/c1-15(2)18-8-6-17(7-9-18)12-20-22(32)30(19-10-4-16(3)5-11-19)23(29-20)33-13-21(31)28-14-24(25,26)27/h4-12,15H,13-14H2,1-3H3,(H,28,31)/b20-12-. The molecule has 0 aromatic heterocycles. The number of carbonyl (C=O) groups is 2. The van der Waals surface area contributed by atoms with E-state index in [4.69, 9.17) is 0 Å². The van der Waals surface area contributed by atoms with E-state index in [-0.39, 0.29) is 22.5 Å². The number of hydrogen-bond acceptors (Lipinski definition) is 4. The quantitative estimate of drug-likeness (QED) is 0.579. The Labute approximate surface area is 194 Å². The zero-order valence-corrected chi connectivity index (χ0v) is 19.3. The summed E-state index contributed by atoms with van der Waals surface area (Å²) in [7, 11) is 0. The number of alkyl halides is 3.